The molecule has 4 heteroatoms. The number of rotatable bonds is 3. The van der Waals surface area contributed by atoms with Crippen molar-refractivity contribution in [1.82, 2.24) is 4.98 Å². The molecular formula is C11H11BrN2S. The molecule has 0 saturated heterocycles. The van der Waals surface area contributed by atoms with E-state index in [0.29, 0.717) is 0 Å². The van der Waals surface area contributed by atoms with Crippen LogP contribution >= 0.6 is 27.3 Å². The van der Waals surface area contributed by atoms with Crippen LogP contribution in [0.3, 0.4) is 0 Å². The van der Waals surface area contributed by atoms with Gasteiger partial charge in [0.05, 0.1) is 11.9 Å². The van der Waals surface area contributed by atoms with Crippen molar-refractivity contribution in [3.05, 3.63) is 44.8 Å². The normalized spacial score (nSPS) is 10.3. The Morgan fingerprint density at radius 3 is 3.07 bits per heavy atom. The van der Waals surface area contributed by atoms with E-state index in [0.717, 1.165) is 22.4 Å². The van der Waals surface area contributed by atoms with Gasteiger partial charge in [-0.2, -0.15) is 0 Å². The van der Waals surface area contributed by atoms with Gasteiger partial charge in [0.15, 0.2) is 0 Å². The highest BCUT2D eigenvalue weighted by Crippen LogP contribution is 2.18. The SMILES string of the molecule is Cc1cc(NCc2cccs2)cnc1Br. The van der Waals surface area contributed by atoms with Gasteiger partial charge in [0.25, 0.3) is 0 Å². The molecule has 0 aliphatic heterocycles. The van der Waals surface area contributed by atoms with Gasteiger partial charge >= 0.3 is 0 Å². The Hall–Kier alpha value is -0.870. The molecule has 0 bridgehead atoms. The van der Waals surface area contributed by atoms with Crippen LogP contribution in [-0.4, -0.2) is 4.98 Å². The number of hydrogen-bond acceptors (Lipinski definition) is 3. The lowest BCUT2D eigenvalue weighted by atomic mass is 10.3. The number of nitrogens with one attached hydrogen (secondary N) is 1. The molecule has 78 valence electrons. The largest absolute Gasteiger partial charge is 0.379 e. The molecular weight excluding hydrogens is 272 g/mol. The highest BCUT2D eigenvalue weighted by molar-refractivity contribution is 9.10. The second kappa shape index (κ2) is 4.77. The molecule has 2 aromatic heterocycles. The van der Waals surface area contributed by atoms with E-state index in [2.05, 4.69) is 49.8 Å². The first-order chi connectivity index (χ1) is 7.25. The molecule has 0 saturated carbocycles. The van der Waals surface area contributed by atoms with Crippen molar-refractivity contribution < 1.29 is 0 Å². The molecule has 0 atom stereocenters. The van der Waals surface area contributed by atoms with E-state index in [-0.39, 0.29) is 0 Å². The summed E-state index contributed by atoms with van der Waals surface area (Å²) in [6.07, 6.45) is 1.84. The van der Waals surface area contributed by atoms with Crippen molar-refractivity contribution in [2.24, 2.45) is 0 Å². The fourth-order valence-corrected chi connectivity index (χ4v) is 2.12. The third-order valence-electron chi connectivity index (χ3n) is 2.06. The minimum Gasteiger partial charge on any atom is -0.379 e. The molecule has 0 amide bonds. The zero-order chi connectivity index (χ0) is 10.7. The lowest BCUT2D eigenvalue weighted by Gasteiger charge is -2.05. The van der Waals surface area contributed by atoms with E-state index in [1.807, 2.05) is 13.1 Å². The fourth-order valence-electron chi connectivity index (χ4n) is 1.26. The monoisotopic (exact) mass is 282 g/mol. The highest BCUT2D eigenvalue weighted by atomic mass is 79.9. The van der Waals surface area contributed by atoms with Crippen LogP contribution in [0.4, 0.5) is 5.69 Å². The van der Waals surface area contributed by atoms with Gasteiger partial charge in [-0.1, -0.05) is 6.07 Å². The smallest absolute Gasteiger partial charge is 0.109 e. The number of halogens is 1. The van der Waals surface area contributed by atoms with Crippen molar-refractivity contribution in [1.29, 1.82) is 0 Å². The number of aryl methyl sites for hydroxylation is 1. The van der Waals surface area contributed by atoms with Crippen LogP contribution in [-0.2, 0) is 6.54 Å². The molecule has 0 fully saturated rings. The van der Waals surface area contributed by atoms with Crippen molar-refractivity contribution >= 4 is 33.0 Å². The summed E-state index contributed by atoms with van der Waals surface area (Å²) in [5.74, 6) is 0. The Bertz CT molecular complexity index is 440. The maximum Gasteiger partial charge on any atom is 0.109 e. The van der Waals surface area contributed by atoms with E-state index in [4.69, 9.17) is 0 Å². The first kappa shape index (κ1) is 10.6. The lowest BCUT2D eigenvalue weighted by molar-refractivity contribution is 1.15. The average Bonchev–Trinajstić information content (AvgIpc) is 2.73. The van der Waals surface area contributed by atoms with Crippen LogP contribution in [0.25, 0.3) is 0 Å². The molecule has 0 aliphatic rings. The molecule has 2 aromatic rings. The Morgan fingerprint density at radius 1 is 1.53 bits per heavy atom. The Morgan fingerprint density at radius 2 is 2.40 bits per heavy atom. The van der Waals surface area contributed by atoms with Gasteiger partial charge in [0.1, 0.15) is 4.60 Å². The summed E-state index contributed by atoms with van der Waals surface area (Å²) in [6.45, 7) is 2.90. The average molecular weight is 283 g/mol. The van der Waals surface area contributed by atoms with Crippen molar-refractivity contribution in [3.63, 3.8) is 0 Å². The lowest BCUT2D eigenvalue weighted by Crippen LogP contribution is -1.98. The summed E-state index contributed by atoms with van der Waals surface area (Å²) in [5, 5.41) is 5.43. The molecule has 0 aliphatic carbocycles. The predicted octanol–water partition coefficient (Wildman–Crippen LogP) is 3.83. The molecule has 0 radical (unpaired) electrons. The van der Waals surface area contributed by atoms with E-state index >= 15 is 0 Å². The van der Waals surface area contributed by atoms with E-state index in [1.165, 1.54) is 4.88 Å². The molecule has 2 rings (SSSR count). The number of hydrogen-bond donors (Lipinski definition) is 1. The number of pyridine rings is 1. The Balaban J connectivity index is 2.02. The van der Waals surface area contributed by atoms with Gasteiger partial charge in [-0.25, -0.2) is 4.98 Å². The summed E-state index contributed by atoms with van der Waals surface area (Å²) < 4.78 is 0.907. The van der Waals surface area contributed by atoms with Crippen LogP contribution in [0.5, 0.6) is 0 Å². The predicted molar refractivity (Wildman–Crippen MR) is 68.3 cm³/mol. The third-order valence-corrected chi connectivity index (χ3v) is 3.77. The fraction of sp³-hybridized carbons (Fsp3) is 0.182. The van der Waals surface area contributed by atoms with Gasteiger partial charge in [0.2, 0.25) is 0 Å². The zero-order valence-electron chi connectivity index (χ0n) is 8.33. The number of thiophene rings is 1. The Labute approximate surface area is 101 Å². The third kappa shape index (κ3) is 2.79. The van der Waals surface area contributed by atoms with Gasteiger partial charge in [-0.3, -0.25) is 0 Å². The van der Waals surface area contributed by atoms with Crippen molar-refractivity contribution in [2.75, 3.05) is 5.32 Å². The quantitative estimate of drug-likeness (QED) is 0.866. The number of aromatic nitrogens is 1. The zero-order valence-corrected chi connectivity index (χ0v) is 10.7. The Kier molecular flexibility index (Phi) is 3.38. The van der Waals surface area contributed by atoms with Crippen LogP contribution < -0.4 is 5.32 Å². The van der Waals surface area contributed by atoms with Gasteiger partial charge in [-0.05, 0) is 45.9 Å². The molecule has 0 spiro atoms. The van der Waals surface area contributed by atoms with Gasteiger partial charge in [0, 0.05) is 11.4 Å². The topological polar surface area (TPSA) is 24.9 Å². The number of nitrogens with zero attached hydrogens (tertiary/aromatic N) is 1. The summed E-state index contributed by atoms with van der Waals surface area (Å²) in [6, 6.07) is 6.27. The molecule has 15 heavy (non-hydrogen) atoms. The summed E-state index contributed by atoms with van der Waals surface area (Å²) in [4.78, 5) is 5.57. The summed E-state index contributed by atoms with van der Waals surface area (Å²) in [7, 11) is 0. The minimum atomic E-state index is 0.862. The van der Waals surface area contributed by atoms with E-state index < -0.39 is 0 Å². The maximum absolute atomic E-state index is 4.24. The molecule has 0 unspecified atom stereocenters. The number of anilines is 1. The molecule has 2 heterocycles. The molecule has 1 N–H and O–H groups in total. The second-order valence-corrected chi connectivity index (χ2v) is 5.05. The standard InChI is InChI=1S/C11H11BrN2S/c1-8-5-9(6-14-11(8)12)13-7-10-3-2-4-15-10/h2-6,13H,7H2,1H3. The van der Waals surface area contributed by atoms with Crippen molar-refractivity contribution in [3.8, 4) is 0 Å². The first-order valence-corrected chi connectivity index (χ1v) is 6.31. The van der Waals surface area contributed by atoms with Crippen LogP contribution in [0.2, 0.25) is 0 Å². The van der Waals surface area contributed by atoms with Crippen LogP contribution in [0, 0.1) is 6.92 Å². The summed E-state index contributed by atoms with van der Waals surface area (Å²) >= 11 is 5.14. The van der Waals surface area contributed by atoms with Gasteiger partial charge in [-0.15, -0.1) is 11.3 Å². The first-order valence-electron chi connectivity index (χ1n) is 4.64. The van der Waals surface area contributed by atoms with Gasteiger partial charge < -0.3 is 5.32 Å². The van der Waals surface area contributed by atoms with Crippen LogP contribution in [0.15, 0.2) is 34.4 Å². The molecule has 2 nitrogen and oxygen atoms in total. The molecule has 0 aromatic carbocycles. The van der Waals surface area contributed by atoms with E-state index in [1.54, 1.807) is 11.3 Å². The summed E-state index contributed by atoms with van der Waals surface area (Å²) in [5.41, 5.74) is 2.20. The highest BCUT2D eigenvalue weighted by Gasteiger charge is 1.98. The van der Waals surface area contributed by atoms with E-state index in [9.17, 15) is 0 Å². The second-order valence-electron chi connectivity index (χ2n) is 3.26. The van der Waals surface area contributed by atoms with Crippen molar-refractivity contribution in [2.45, 2.75) is 13.5 Å². The van der Waals surface area contributed by atoms with Crippen LogP contribution in [0.1, 0.15) is 10.4 Å². The maximum atomic E-state index is 4.24. The minimum absolute atomic E-state index is 0.862.